The first-order valence-electron chi connectivity index (χ1n) is 7.98. The Balaban J connectivity index is 2.30. The number of rotatable bonds is 5. The van der Waals surface area contributed by atoms with Crippen LogP contribution in [-0.4, -0.2) is 44.4 Å². The minimum Gasteiger partial charge on any atom is -0.394 e. The van der Waals surface area contributed by atoms with E-state index < -0.39 is 10.0 Å². The minimum atomic E-state index is -3.41. The molecule has 1 heterocycles. The molecule has 6 nitrogen and oxygen atoms in total. The maximum atomic E-state index is 12.4. The Labute approximate surface area is 147 Å². The molecule has 1 aliphatic rings. The Morgan fingerprint density at radius 3 is 2.67 bits per heavy atom. The maximum absolute atomic E-state index is 12.4. The average Bonchev–Trinajstić information content (AvgIpc) is 2.52. The van der Waals surface area contributed by atoms with Crippen LogP contribution in [-0.2, 0) is 10.0 Å². The molecule has 2 N–H and O–H groups in total. The molecule has 0 aliphatic carbocycles. The first kappa shape index (κ1) is 19.0. The molecule has 0 unspecified atom stereocenters. The van der Waals surface area contributed by atoms with E-state index in [-0.39, 0.29) is 30.2 Å². The van der Waals surface area contributed by atoms with E-state index in [0.29, 0.717) is 29.2 Å². The summed E-state index contributed by atoms with van der Waals surface area (Å²) in [6.07, 6.45) is 1.38. The van der Waals surface area contributed by atoms with Crippen molar-refractivity contribution in [1.29, 1.82) is 0 Å². The van der Waals surface area contributed by atoms with Crippen molar-refractivity contribution in [2.45, 2.75) is 32.7 Å². The molecule has 0 saturated carbocycles. The quantitative estimate of drug-likeness (QED) is 0.825. The fourth-order valence-electron chi connectivity index (χ4n) is 2.58. The van der Waals surface area contributed by atoms with E-state index in [1.165, 1.54) is 16.4 Å². The van der Waals surface area contributed by atoms with Crippen LogP contribution in [0.1, 0.15) is 37.0 Å². The average molecular weight is 375 g/mol. The molecule has 1 fully saturated rings. The SMILES string of the molecule is CC(C)[C@H](CO)NC(=O)c1ccc(Cl)c(N2CCCCS2(=O)=O)c1. The van der Waals surface area contributed by atoms with Crippen LogP contribution < -0.4 is 9.62 Å². The number of aliphatic hydroxyl groups excluding tert-OH is 1. The van der Waals surface area contributed by atoms with Gasteiger partial charge in [-0.3, -0.25) is 9.10 Å². The van der Waals surface area contributed by atoms with Gasteiger partial charge in [0.1, 0.15) is 0 Å². The molecule has 2 rings (SSSR count). The van der Waals surface area contributed by atoms with Crippen LogP contribution in [0.15, 0.2) is 18.2 Å². The molecule has 0 aromatic heterocycles. The zero-order valence-electron chi connectivity index (χ0n) is 13.8. The van der Waals surface area contributed by atoms with Crippen LogP contribution in [0.4, 0.5) is 5.69 Å². The van der Waals surface area contributed by atoms with Crippen molar-refractivity contribution in [3.05, 3.63) is 28.8 Å². The third-order valence-electron chi connectivity index (χ3n) is 4.14. The Bertz CT molecular complexity index is 706. The zero-order valence-corrected chi connectivity index (χ0v) is 15.4. The van der Waals surface area contributed by atoms with E-state index in [1.807, 2.05) is 13.8 Å². The summed E-state index contributed by atoms with van der Waals surface area (Å²) in [4.78, 5) is 12.4. The molecular formula is C16H23ClN2O4S. The Morgan fingerprint density at radius 2 is 2.08 bits per heavy atom. The van der Waals surface area contributed by atoms with Crippen LogP contribution >= 0.6 is 11.6 Å². The number of benzene rings is 1. The summed E-state index contributed by atoms with van der Waals surface area (Å²) in [6.45, 7) is 3.99. The second-order valence-corrected chi connectivity index (χ2v) is 8.69. The molecule has 1 amide bonds. The van der Waals surface area contributed by atoms with Crippen LogP contribution in [0.2, 0.25) is 5.02 Å². The van der Waals surface area contributed by atoms with Gasteiger partial charge in [0.2, 0.25) is 10.0 Å². The lowest BCUT2D eigenvalue weighted by atomic mass is 10.0. The highest BCUT2D eigenvalue weighted by Gasteiger charge is 2.28. The molecule has 1 aromatic rings. The number of hydrogen-bond acceptors (Lipinski definition) is 4. The number of sulfonamides is 1. The molecule has 134 valence electrons. The summed E-state index contributed by atoms with van der Waals surface area (Å²) >= 11 is 6.17. The van der Waals surface area contributed by atoms with E-state index in [2.05, 4.69) is 5.32 Å². The van der Waals surface area contributed by atoms with Gasteiger partial charge in [-0.25, -0.2) is 8.42 Å². The highest BCUT2D eigenvalue weighted by atomic mass is 35.5. The summed E-state index contributed by atoms with van der Waals surface area (Å²) in [5, 5.41) is 12.4. The lowest BCUT2D eigenvalue weighted by molar-refractivity contribution is 0.0897. The molecule has 1 aliphatic heterocycles. The van der Waals surface area contributed by atoms with Gasteiger partial charge in [-0.05, 0) is 37.0 Å². The Kier molecular flexibility index (Phi) is 6.11. The normalized spacial score (nSPS) is 18.5. The van der Waals surface area contributed by atoms with Crippen molar-refractivity contribution in [2.75, 3.05) is 23.2 Å². The van der Waals surface area contributed by atoms with Crippen LogP contribution in [0.5, 0.6) is 0 Å². The van der Waals surface area contributed by atoms with Crippen LogP contribution in [0.25, 0.3) is 0 Å². The van der Waals surface area contributed by atoms with Gasteiger partial charge in [-0.2, -0.15) is 0 Å². The van der Waals surface area contributed by atoms with E-state index in [1.54, 1.807) is 6.07 Å². The van der Waals surface area contributed by atoms with Crippen LogP contribution in [0.3, 0.4) is 0 Å². The third kappa shape index (κ3) is 4.20. The predicted molar refractivity (Wildman–Crippen MR) is 95.0 cm³/mol. The first-order chi connectivity index (χ1) is 11.3. The number of hydrogen-bond donors (Lipinski definition) is 2. The van der Waals surface area contributed by atoms with Gasteiger partial charge in [0, 0.05) is 12.1 Å². The summed E-state index contributed by atoms with van der Waals surface area (Å²) in [7, 11) is -3.41. The predicted octanol–water partition coefficient (Wildman–Crippen LogP) is 2.02. The minimum absolute atomic E-state index is 0.0770. The fourth-order valence-corrected chi connectivity index (χ4v) is 4.50. The maximum Gasteiger partial charge on any atom is 0.251 e. The van der Waals surface area contributed by atoms with Crippen molar-refractivity contribution < 1.29 is 18.3 Å². The van der Waals surface area contributed by atoms with Crippen molar-refractivity contribution in [2.24, 2.45) is 5.92 Å². The smallest absolute Gasteiger partial charge is 0.251 e. The van der Waals surface area contributed by atoms with Gasteiger partial charge >= 0.3 is 0 Å². The lowest BCUT2D eigenvalue weighted by Crippen LogP contribution is -2.41. The molecule has 1 atom stereocenters. The monoisotopic (exact) mass is 374 g/mol. The van der Waals surface area contributed by atoms with Crippen molar-refractivity contribution >= 4 is 33.2 Å². The highest BCUT2D eigenvalue weighted by molar-refractivity contribution is 7.92. The summed E-state index contributed by atoms with van der Waals surface area (Å²) in [5.74, 6) is -0.206. The Morgan fingerprint density at radius 1 is 1.38 bits per heavy atom. The number of aliphatic hydroxyl groups is 1. The van der Waals surface area contributed by atoms with E-state index >= 15 is 0 Å². The molecule has 0 spiro atoms. The second-order valence-electron chi connectivity index (χ2n) is 6.27. The molecule has 24 heavy (non-hydrogen) atoms. The molecule has 0 radical (unpaired) electrons. The standard InChI is InChI=1S/C16H23ClN2O4S/c1-11(2)14(10-20)18-16(21)12-5-6-13(17)15(9-12)19-7-3-4-8-24(19,22)23/h5-6,9,11,14,20H,3-4,7-8,10H2,1-2H3,(H,18,21)/t14-/m0/s1. The number of halogens is 1. The summed E-state index contributed by atoms with van der Waals surface area (Å²) in [5.41, 5.74) is 0.642. The Hall–Kier alpha value is -1.31. The van der Waals surface area contributed by atoms with Gasteiger partial charge in [0.15, 0.2) is 0 Å². The number of amides is 1. The molecule has 1 aromatic carbocycles. The fraction of sp³-hybridized carbons (Fsp3) is 0.562. The number of carbonyl (C=O) groups is 1. The number of nitrogens with one attached hydrogen (secondary N) is 1. The second kappa shape index (κ2) is 7.72. The van der Waals surface area contributed by atoms with Gasteiger partial charge in [0.05, 0.1) is 29.1 Å². The zero-order chi connectivity index (χ0) is 17.9. The number of nitrogens with zero attached hydrogens (tertiary/aromatic N) is 1. The van der Waals surface area contributed by atoms with E-state index in [0.717, 1.165) is 6.42 Å². The first-order valence-corrected chi connectivity index (χ1v) is 9.96. The molecule has 1 saturated heterocycles. The topological polar surface area (TPSA) is 86.7 Å². The highest BCUT2D eigenvalue weighted by Crippen LogP contribution is 2.31. The van der Waals surface area contributed by atoms with Gasteiger partial charge in [0.25, 0.3) is 5.91 Å². The number of anilines is 1. The van der Waals surface area contributed by atoms with E-state index in [4.69, 9.17) is 11.6 Å². The third-order valence-corrected chi connectivity index (χ3v) is 6.32. The van der Waals surface area contributed by atoms with Gasteiger partial charge < -0.3 is 10.4 Å². The molecular weight excluding hydrogens is 352 g/mol. The summed E-state index contributed by atoms with van der Waals surface area (Å²) in [6, 6.07) is 4.21. The van der Waals surface area contributed by atoms with Gasteiger partial charge in [-0.15, -0.1) is 0 Å². The van der Waals surface area contributed by atoms with Crippen LogP contribution in [0, 0.1) is 5.92 Å². The molecule has 0 bridgehead atoms. The van der Waals surface area contributed by atoms with Crippen molar-refractivity contribution in [3.63, 3.8) is 0 Å². The molecule has 8 heteroatoms. The van der Waals surface area contributed by atoms with Crippen molar-refractivity contribution in [3.8, 4) is 0 Å². The summed E-state index contributed by atoms with van der Waals surface area (Å²) < 4.78 is 25.8. The largest absolute Gasteiger partial charge is 0.394 e. The van der Waals surface area contributed by atoms with Crippen molar-refractivity contribution in [1.82, 2.24) is 5.32 Å². The van der Waals surface area contributed by atoms with E-state index in [9.17, 15) is 18.3 Å². The lowest BCUT2D eigenvalue weighted by Gasteiger charge is -2.29. The van der Waals surface area contributed by atoms with Gasteiger partial charge in [-0.1, -0.05) is 25.4 Å². The number of carbonyl (C=O) groups excluding carboxylic acids is 1.